The Labute approximate surface area is 123 Å². The van der Waals surface area contributed by atoms with Crippen LogP contribution in [0.2, 0.25) is 0 Å². The summed E-state index contributed by atoms with van der Waals surface area (Å²) in [5.41, 5.74) is 3.56. The molecule has 4 nitrogen and oxygen atoms in total. The van der Waals surface area contributed by atoms with Crippen LogP contribution in [0.5, 0.6) is 0 Å². The Morgan fingerprint density at radius 1 is 1.35 bits per heavy atom. The Balaban J connectivity index is 2.04. The minimum atomic E-state index is 0.268. The molecule has 0 radical (unpaired) electrons. The first-order chi connectivity index (χ1) is 9.48. The number of hydrogen-bond acceptors (Lipinski definition) is 5. The molecule has 1 atom stereocenters. The molecule has 2 aromatic rings. The largest absolute Gasteiger partial charge is 0.313 e. The zero-order chi connectivity index (χ0) is 14.3. The van der Waals surface area contributed by atoms with E-state index in [4.69, 9.17) is 4.98 Å². The second kappa shape index (κ2) is 4.90. The molecule has 0 saturated heterocycles. The van der Waals surface area contributed by atoms with Crippen LogP contribution in [0.3, 0.4) is 0 Å². The van der Waals surface area contributed by atoms with Crippen molar-refractivity contribution in [1.29, 1.82) is 0 Å². The van der Waals surface area contributed by atoms with E-state index in [-0.39, 0.29) is 5.41 Å². The van der Waals surface area contributed by atoms with Crippen molar-refractivity contribution in [3.05, 3.63) is 27.8 Å². The van der Waals surface area contributed by atoms with E-state index in [2.05, 4.69) is 29.1 Å². The van der Waals surface area contributed by atoms with Gasteiger partial charge < -0.3 is 5.32 Å². The van der Waals surface area contributed by atoms with Gasteiger partial charge in [0.05, 0.1) is 5.01 Å². The lowest BCUT2D eigenvalue weighted by atomic mass is 9.74. The molecule has 0 aliphatic heterocycles. The number of rotatable bonds is 2. The standard InChI is InChI=1S/C15H20N4S/c1-9-18-13(8-20-9)14-17-7-10-11(16-4)5-15(2,3)6-12(10)19-14/h7-8,11,16H,5-6H2,1-4H3. The van der Waals surface area contributed by atoms with E-state index in [9.17, 15) is 0 Å². The van der Waals surface area contributed by atoms with Crippen LogP contribution in [-0.2, 0) is 6.42 Å². The monoisotopic (exact) mass is 288 g/mol. The first-order valence-electron chi connectivity index (χ1n) is 6.94. The number of nitrogens with one attached hydrogen (secondary N) is 1. The predicted molar refractivity (Wildman–Crippen MR) is 81.8 cm³/mol. The zero-order valence-corrected chi connectivity index (χ0v) is 13.2. The Hall–Kier alpha value is -1.33. The molecule has 1 N–H and O–H groups in total. The Kier molecular flexibility index (Phi) is 3.34. The molecule has 2 aromatic heterocycles. The summed E-state index contributed by atoms with van der Waals surface area (Å²) in [6, 6.07) is 0.347. The quantitative estimate of drug-likeness (QED) is 0.922. The lowest BCUT2D eigenvalue weighted by molar-refractivity contribution is 0.260. The van der Waals surface area contributed by atoms with Gasteiger partial charge >= 0.3 is 0 Å². The number of nitrogens with zero attached hydrogens (tertiary/aromatic N) is 3. The fraction of sp³-hybridized carbons (Fsp3) is 0.533. The van der Waals surface area contributed by atoms with Crippen molar-refractivity contribution < 1.29 is 0 Å². The minimum Gasteiger partial charge on any atom is -0.313 e. The van der Waals surface area contributed by atoms with Crippen LogP contribution in [0.25, 0.3) is 11.5 Å². The van der Waals surface area contributed by atoms with Crippen molar-refractivity contribution in [1.82, 2.24) is 20.3 Å². The Morgan fingerprint density at radius 3 is 2.80 bits per heavy atom. The van der Waals surface area contributed by atoms with Crippen molar-refractivity contribution in [2.75, 3.05) is 7.05 Å². The summed E-state index contributed by atoms with van der Waals surface area (Å²) in [6.45, 7) is 6.61. The van der Waals surface area contributed by atoms with Gasteiger partial charge in [0, 0.05) is 28.9 Å². The molecule has 3 rings (SSSR count). The topological polar surface area (TPSA) is 50.7 Å². The first kappa shape index (κ1) is 13.6. The van der Waals surface area contributed by atoms with E-state index < -0.39 is 0 Å². The van der Waals surface area contributed by atoms with Gasteiger partial charge in [0.15, 0.2) is 5.82 Å². The third-order valence-electron chi connectivity index (χ3n) is 3.87. The molecule has 0 spiro atoms. The lowest BCUT2D eigenvalue weighted by Gasteiger charge is -2.36. The Bertz CT molecular complexity index is 633. The number of thiazole rings is 1. The van der Waals surface area contributed by atoms with E-state index in [0.717, 1.165) is 35.1 Å². The summed E-state index contributed by atoms with van der Waals surface area (Å²) in [6.07, 6.45) is 4.09. The van der Waals surface area contributed by atoms with Crippen LogP contribution in [0, 0.1) is 12.3 Å². The molecule has 20 heavy (non-hydrogen) atoms. The molecule has 1 unspecified atom stereocenters. The van der Waals surface area contributed by atoms with Crippen molar-refractivity contribution in [2.45, 2.75) is 39.7 Å². The molecular formula is C15H20N4S. The maximum absolute atomic E-state index is 4.78. The average molecular weight is 288 g/mol. The third kappa shape index (κ3) is 2.47. The van der Waals surface area contributed by atoms with Crippen molar-refractivity contribution >= 4 is 11.3 Å². The second-order valence-corrected chi connectivity index (χ2v) is 7.30. The summed E-state index contributed by atoms with van der Waals surface area (Å²) >= 11 is 1.64. The van der Waals surface area contributed by atoms with Gasteiger partial charge in [-0.1, -0.05) is 13.8 Å². The number of fused-ring (bicyclic) bond motifs is 1. The van der Waals surface area contributed by atoms with Crippen molar-refractivity contribution in [2.24, 2.45) is 5.41 Å². The highest BCUT2D eigenvalue weighted by molar-refractivity contribution is 7.09. The van der Waals surface area contributed by atoms with Crippen molar-refractivity contribution in [3.63, 3.8) is 0 Å². The van der Waals surface area contributed by atoms with Gasteiger partial charge in [-0.25, -0.2) is 15.0 Å². The number of aryl methyl sites for hydroxylation is 1. The molecule has 1 aliphatic rings. The van der Waals surface area contributed by atoms with E-state index in [0.29, 0.717) is 6.04 Å². The molecule has 0 aromatic carbocycles. The smallest absolute Gasteiger partial charge is 0.179 e. The molecule has 1 aliphatic carbocycles. The van der Waals surface area contributed by atoms with E-state index >= 15 is 0 Å². The van der Waals surface area contributed by atoms with Crippen LogP contribution >= 0.6 is 11.3 Å². The maximum Gasteiger partial charge on any atom is 0.179 e. The molecule has 106 valence electrons. The van der Waals surface area contributed by atoms with Gasteiger partial charge in [-0.15, -0.1) is 11.3 Å². The van der Waals surface area contributed by atoms with E-state index in [1.165, 1.54) is 5.56 Å². The van der Waals surface area contributed by atoms with Crippen molar-refractivity contribution in [3.8, 4) is 11.5 Å². The lowest BCUT2D eigenvalue weighted by Crippen LogP contribution is -2.32. The van der Waals surface area contributed by atoms with Gasteiger partial charge in [-0.2, -0.15) is 0 Å². The Morgan fingerprint density at radius 2 is 2.15 bits per heavy atom. The summed E-state index contributed by atoms with van der Waals surface area (Å²) in [4.78, 5) is 13.8. The van der Waals surface area contributed by atoms with Crippen LogP contribution in [0.4, 0.5) is 0 Å². The van der Waals surface area contributed by atoms with Gasteiger partial charge in [-0.05, 0) is 32.2 Å². The minimum absolute atomic E-state index is 0.268. The summed E-state index contributed by atoms with van der Waals surface area (Å²) in [5.74, 6) is 0.751. The number of hydrogen-bond donors (Lipinski definition) is 1. The zero-order valence-electron chi connectivity index (χ0n) is 12.4. The molecular weight excluding hydrogens is 268 g/mol. The molecule has 5 heteroatoms. The molecule has 0 fully saturated rings. The van der Waals surface area contributed by atoms with Crippen LogP contribution in [-0.4, -0.2) is 22.0 Å². The highest BCUT2D eigenvalue weighted by atomic mass is 32.1. The van der Waals surface area contributed by atoms with Gasteiger partial charge in [0.25, 0.3) is 0 Å². The van der Waals surface area contributed by atoms with Crippen LogP contribution < -0.4 is 5.32 Å². The van der Waals surface area contributed by atoms with Gasteiger partial charge in [0.2, 0.25) is 0 Å². The third-order valence-corrected chi connectivity index (χ3v) is 4.65. The molecule has 0 bridgehead atoms. The molecule has 2 heterocycles. The summed E-state index contributed by atoms with van der Waals surface area (Å²) in [7, 11) is 2.01. The van der Waals surface area contributed by atoms with Gasteiger partial charge in [0.1, 0.15) is 5.69 Å². The van der Waals surface area contributed by atoms with Crippen LogP contribution in [0.1, 0.15) is 42.6 Å². The normalized spacial score (nSPS) is 20.7. The van der Waals surface area contributed by atoms with E-state index in [1.807, 2.05) is 25.5 Å². The maximum atomic E-state index is 4.78. The predicted octanol–water partition coefficient (Wildman–Crippen LogP) is 3.14. The highest BCUT2D eigenvalue weighted by Gasteiger charge is 2.33. The number of aromatic nitrogens is 3. The summed E-state index contributed by atoms with van der Waals surface area (Å²) in [5, 5.41) is 6.46. The second-order valence-electron chi connectivity index (χ2n) is 6.23. The summed E-state index contributed by atoms with van der Waals surface area (Å²) < 4.78 is 0. The van der Waals surface area contributed by atoms with Gasteiger partial charge in [-0.3, -0.25) is 0 Å². The van der Waals surface area contributed by atoms with Crippen LogP contribution in [0.15, 0.2) is 11.6 Å². The molecule has 0 saturated carbocycles. The fourth-order valence-electron chi connectivity index (χ4n) is 2.89. The first-order valence-corrected chi connectivity index (χ1v) is 7.82. The molecule has 0 amide bonds. The highest BCUT2D eigenvalue weighted by Crippen LogP contribution is 2.39. The van der Waals surface area contributed by atoms with E-state index in [1.54, 1.807) is 11.3 Å². The average Bonchev–Trinajstić information content (AvgIpc) is 2.82. The SMILES string of the molecule is CNC1CC(C)(C)Cc2nc(-c3csc(C)n3)ncc21. The fourth-order valence-corrected chi connectivity index (χ4v) is 3.49.